The van der Waals surface area contributed by atoms with Gasteiger partial charge in [0.15, 0.2) is 11.4 Å². The second-order valence-electron chi connectivity index (χ2n) is 13.0. The number of esters is 1. The van der Waals surface area contributed by atoms with E-state index in [0.29, 0.717) is 36.8 Å². The predicted molar refractivity (Wildman–Crippen MR) is 130 cm³/mol. The first-order chi connectivity index (χ1) is 16.6. The quantitative estimate of drug-likeness (QED) is 0.362. The number of aliphatic hydroxyl groups is 4. The predicted octanol–water partition coefficient (Wildman–Crippen LogP) is 2.63. The number of hydrogen-bond acceptors (Lipinski definition) is 7. The highest BCUT2D eigenvalue weighted by Crippen LogP contribution is 2.77. The minimum absolute atomic E-state index is 0.0459. The SMILES string of the molecule is CC1=C(C)[C@]2(OC1=O)[C@H](O)[C@@H](C)[C@]1(O)CC[C@H]3[C@@H]4C[C@@H](O)C5CC=C(Cl)C(=O)[C@]5(C)[C@H]4C[C@@]2(O)[C@@]31C. The zero-order chi connectivity index (χ0) is 26.4. The Kier molecular flexibility index (Phi) is 4.89. The van der Waals surface area contributed by atoms with Crippen molar-refractivity contribution >= 4 is 23.4 Å². The van der Waals surface area contributed by atoms with Crippen molar-refractivity contribution in [2.45, 2.75) is 95.7 Å². The number of carbonyl (C=O) groups excluding carboxylic acids is 2. The molecule has 1 aliphatic heterocycles. The molecule has 0 aromatic rings. The highest BCUT2D eigenvalue weighted by molar-refractivity contribution is 6.43. The van der Waals surface area contributed by atoms with E-state index in [2.05, 4.69) is 0 Å². The number of Topliss-reactive ketones (excluding diaryl/α,β-unsaturated/α-hetero) is 1. The molecule has 0 saturated heterocycles. The molecule has 0 amide bonds. The van der Waals surface area contributed by atoms with E-state index in [1.165, 1.54) is 0 Å². The molecular formula is C28H37ClO7. The molecule has 198 valence electrons. The van der Waals surface area contributed by atoms with Crippen molar-refractivity contribution in [2.75, 3.05) is 0 Å². The minimum atomic E-state index is -1.84. The third-order valence-electron chi connectivity index (χ3n) is 12.6. The van der Waals surface area contributed by atoms with Crippen molar-refractivity contribution < 1.29 is 34.8 Å². The molecule has 6 aliphatic rings. The lowest BCUT2D eigenvalue weighted by molar-refractivity contribution is -0.361. The van der Waals surface area contributed by atoms with Crippen LogP contribution in [0.15, 0.2) is 22.3 Å². The Balaban J connectivity index is 1.62. The third-order valence-corrected chi connectivity index (χ3v) is 12.9. The molecule has 1 unspecified atom stereocenters. The van der Waals surface area contributed by atoms with Gasteiger partial charge in [0.2, 0.25) is 0 Å². The van der Waals surface area contributed by atoms with Crippen molar-refractivity contribution in [3.63, 3.8) is 0 Å². The van der Waals surface area contributed by atoms with Crippen molar-refractivity contribution in [2.24, 2.45) is 40.4 Å². The summed E-state index contributed by atoms with van der Waals surface area (Å²) in [5.41, 5.74) is -6.34. The first-order valence-corrected chi connectivity index (χ1v) is 13.6. The molecule has 0 radical (unpaired) electrons. The van der Waals surface area contributed by atoms with E-state index in [1.807, 2.05) is 13.8 Å². The van der Waals surface area contributed by atoms with Gasteiger partial charge < -0.3 is 25.2 Å². The summed E-state index contributed by atoms with van der Waals surface area (Å²) in [4.78, 5) is 26.6. The number of ketones is 1. The molecule has 1 spiro atoms. The van der Waals surface area contributed by atoms with Gasteiger partial charge in [-0.1, -0.05) is 38.4 Å². The molecular weight excluding hydrogens is 484 g/mol. The van der Waals surface area contributed by atoms with Gasteiger partial charge in [-0.05, 0) is 69.3 Å². The van der Waals surface area contributed by atoms with Crippen LogP contribution in [0.3, 0.4) is 0 Å². The van der Waals surface area contributed by atoms with E-state index in [4.69, 9.17) is 16.3 Å². The van der Waals surface area contributed by atoms with Gasteiger partial charge in [0, 0.05) is 28.2 Å². The van der Waals surface area contributed by atoms with Gasteiger partial charge in [0.1, 0.15) is 11.7 Å². The molecule has 0 bridgehead atoms. The molecule has 8 heteroatoms. The van der Waals surface area contributed by atoms with Gasteiger partial charge in [-0.3, -0.25) is 4.79 Å². The molecule has 5 aliphatic carbocycles. The lowest BCUT2D eigenvalue weighted by Crippen LogP contribution is -2.84. The number of allylic oxidation sites excluding steroid dienone is 2. The van der Waals surface area contributed by atoms with E-state index >= 15 is 0 Å². The largest absolute Gasteiger partial charge is 0.445 e. The molecule has 4 N–H and O–H groups in total. The molecule has 0 aromatic carbocycles. The zero-order valence-electron chi connectivity index (χ0n) is 21.5. The third kappa shape index (κ3) is 2.26. The second-order valence-corrected chi connectivity index (χ2v) is 13.4. The fourth-order valence-electron chi connectivity index (χ4n) is 10.4. The molecule has 12 atom stereocenters. The number of aliphatic hydroxyl groups excluding tert-OH is 2. The van der Waals surface area contributed by atoms with Crippen LogP contribution >= 0.6 is 11.6 Å². The van der Waals surface area contributed by atoms with Gasteiger partial charge in [-0.15, -0.1) is 0 Å². The first kappa shape index (κ1) is 25.1. The molecule has 6 rings (SSSR count). The Hall–Kier alpha value is -1.25. The fraction of sp³-hybridized carbons (Fsp3) is 0.786. The van der Waals surface area contributed by atoms with Crippen LogP contribution < -0.4 is 0 Å². The van der Waals surface area contributed by atoms with Gasteiger partial charge in [-0.2, -0.15) is 0 Å². The van der Waals surface area contributed by atoms with Gasteiger partial charge >= 0.3 is 5.97 Å². The molecule has 4 saturated carbocycles. The van der Waals surface area contributed by atoms with E-state index < -0.39 is 51.7 Å². The number of fused-ring (bicyclic) bond motifs is 5. The topological polar surface area (TPSA) is 124 Å². The van der Waals surface area contributed by atoms with E-state index in [9.17, 15) is 30.0 Å². The van der Waals surface area contributed by atoms with E-state index in [1.54, 1.807) is 26.8 Å². The number of ether oxygens (including phenoxy) is 1. The summed E-state index contributed by atoms with van der Waals surface area (Å²) in [5, 5.41) is 48.5. The van der Waals surface area contributed by atoms with Crippen molar-refractivity contribution in [3.05, 3.63) is 22.3 Å². The van der Waals surface area contributed by atoms with Crippen molar-refractivity contribution in [3.8, 4) is 0 Å². The Morgan fingerprint density at radius 3 is 2.36 bits per heavy atom. The van der Waals surface area contributed by atoms with Crippen LogP contribution in [-0.2, 0) is 14.3 Å². The normalized spacial score (nSPS) is 57.8. The maximum absolute atomic E-state index is 13.7. The monoisotopic (exact) mass is 520 g/mol. The van der Waals surface area contributed by atoms with E-state index in [0.717, 1.165) is 0 Å². The lowest BCUT2D eigenvalue weighted by Gasteiger charge is -2.72. The maximum Gasteiger partial charge on any atom is 0.334 e. The first-order valence-electron chi connectivity index (χ1n) is 13.3. The Morgan fingerprint density at radius 1 is 1.08 bits per heavy atom. The number of halogens is 1. The molecule has 0 aromatic heterocycles. The smallest absolute Gasteiger partial charge is 0.334 e. The van der Waals surface area contributed by atoms with Crippen molar-refractivity contribution in [1.29, 1.82) is 0 Å². The van der Waals surface area contributed by atoms with Crippen LogP contribution in [0.4, 0.5) is 0 Å². The summed E-state index contributed by atoms with van der Waals surface area (Å²) >= 11 is 6.39. The van der Waals surface area contributed by atoms with Crippen molar-refractivity contribution in [1.82, 2.24) is 0 Å². The van der Waals surface area contributed by atoms with Gasteiger partial charge in [0.25, 0.3) is 0 Å². The zero-order valence-corrected chi connectivity index (χ0v) is 22.3. The van der Waals surface area contributed by atoms with Crippen LogP contribution in [0.25, 0.3) is 0 Å². The van der Waals surface area contributed by atoms with Crippen LogP contribution in [0, 0.1) is 40.4 Å². The Labute approximate surface area is 216 Å². The van der Waals surface area contributed by atoms with Gasteiger partial charge in [0.05, 0.1) is 16.7 Å². The average Bonchev–Trinajstić information content (AvgIpc) is 3.24. The molecule has 7 nitrogen and oxygen atoms in total. The molecule has 4 fully saturated rings. The Morgan fingerprint density at radius 2 is 1.75 bits per heavy atom. The summed E-state index contributed by atoms with van der Waals surface area (Å²) in [6.07, 6.45) is 1.56. The van der Waals surface area contributed by atoms with Crippen LogP contribution in [0.2, 0.25) is 0 Å². The average molecular weight is 521 g/mol. The molecule has 36 heavy (non-hydrogen) atoms. The summed E-state index contributed by atoms with van der Waals surface area (Å²) < 4.78 is 6.03. The van der Waals surface area contributed by atoms with Crippen LogP contribution in [-0.4, -0.2) is 61.2 Å². The summed E-state index contributed by atoms with van der Waals surface area (Å²) in [6.45, 7) is 8.85. The second kappa shape index (κ2) is 7.03. The van der Waals surface area contributed by atoms with Crippen LogP contribution in [0.1, 0.15) is 66.7 Å². The molecule has 1 heterocycles. The highest BCUT2D eigenvalue weighted by atomic mass is 35.5. The van der Waals surface area contributed by atoms with Crippen LogP contribution in [0.5, 0.6) is 0 Å². The number of carbonyl (C=O) groups is 2. The minimum Gasteiger partial charge on any atom is -0.445 e. The highest BCUT2D eigenvalue weighted by Gasteiger charge is 2.85. The summed E-state index contributed by atoms with van der Waals surface area (Å²) in [6, 6.07) is 0. The number of hydrogen-bond donors (Lipinski definition) is 4. The Bertz CT molecular complexity index is 1150. The summed E-state index contributed by atoms with van der Waals surface area (Å²) in [7, 11) is 0. The summed E-state index contributed by atoms with van der Waals surface area (Å²) in [5.74, 6) is -2.62. The number of rotatable bonds is 0. The lowest BCUT2D eigenvalue weighted by atomic mass is 9.35. The van der Waals surface area contributed by atoms with E-state index in [-0.39, 0.29) is 40.9 Å². The maximum atomic E-state index is 13.7. The fourth-order valence-corrected chi connectivity index (χ4v) is 10.7. The standard InChI is InChI=1S/C28H37ClO7/c1-12-13(2)28(36-23(12)33)21(31)14(3)26(34)9-8-16-15-10-20(30)17-6-7-19(29)22(32)24(17,4)18(15)11-27(28,35)25(16,26)5/h7,14-18,20-21,30-31,34-35H,6,8-11H2,1-5H3/t14-,15+,16+,17?,18+,20-,21-,24+,25+,26-,27-,28+/m1/s1. The van der Waals surface area contributed by atoms with Gasteiger partial charge in [-0.25, -0.2) is 4.79 Å².